The number of fused-ring (bicyclic) bond motifs is 1. The first-order chi connectivity index (χ1) is 16.4. The quantitative estimate of drug-likeness (QED) is 0.610. The molecule has 6 nitrogen and oxygen atoms in total. The lowest BCUT2D eigenvalue weighted by Gasteiger charge is -2.29. The Morgan fingerprint density at radius 2 is 1.91 bits per heavy atom. The molecule has 0 unspecified atom stereocenters. The zero-order valence-electron chi connectivity index (χ0n) is 19.4. The number of hydrogen-bond acceptors (Lipinski definition) is 5. The Morgan fingerprint density at radius 1 is 1.09 bits per heavy atom. The van der Waals surface area contributed by atoms with Crippen molar-refractivity contribution < 1.29 is 17.9 Å². The maximum atomic E-state index is 13.6. The van der Waals surface area contributed by atoms with Gasteiger partial charge in [-0.1, -0.05) is 12.1 Å². The Bertz CT molecular complexity index is 1150. The number of hydrogen-bond donors (Lipinski definition) is 1. The van der Waals surface area contributed by atoms with E-state index in [9.17, 15) is 13.2 Å². The van der Waals surface area contributed by atoms with Crippen LogP contribution in [0.3, 0.4) is 0 Å². The second-order valence-electron chi connectivity index (χ2n) is 9.05. The lowest BCUT2D eigenvalue weighted by atomic mass is 9.97. The molecule has 0 radical (unpaired) electrons. The number of aromatic nitrogens is 2. The van der Waals surface area contributed by atoms with Gasteiger partial charge in [-0.15, -0.1) is 0 Å². The van der Waals surface area contributed by atoms with E-state index < -0.39 is 11.7 Å². The number of morpholine rings is 1. The molecule has 2 aliphatic rings. The molecular weight excluding hydrogens is 443 g/mol. The largest absolute Gasteiger partial charge is 0.416 e. The summed E-state index contributed by atoms with van der Waals surface area (Å²) >= 11 is 0. The van der Waals surface area contributed by atoms with Crippen LogP contribution in [0.1, 0.15) is 34.5 Å². The summed E-state index contributed by atoms with van der Waals surface area (Å²) in [7, 11) is 0. The van der Waals surface area contributed by atoms with Crippen molar-refractivity contribution >= 4 is 11.3 Å². The molecule has 0 aliphatic carbocycles. The van der Waals surface area contributed by atoms with Crippen LogP contribution in [0, 0.1) is 6.92 Å². The van der Waals surface area contributed by atoms with Crippen molar-refractivity contribution in [3.05, 3.63) is 64.6 Å². The lowest BCUT2D eigenvalue weighted by Crippen LogP contribution is -2.41. The molecule has 0 bridgehead atoms. The minimum atomic E-state index is -4.37. The highest BCUT2D eigenvalue weighted by atomic mass is 19.4. The van der Waals surface area contributed by atoms with Crippen LogP contribution in [-0.4, -0.2) is 60.3 Å². The molecule has 1 N–H and O–H groups in total. The summed E-state index contributed by atoms with van der Waals surface area (Å²) in [6.45, 7) is 7.99. The molecular formula is C25H30F3N5O. The summed E-state index contributed by atoms with van der Waals surface area (Å²) in [4.78, 5) is 9.49. The van der Waals surface area contributed by atoms with E-state index in [4.69, 9.17) is 9.72 Å². The second-order valence-corrected chi connectivity index (χ2v) is 9.05. The summed E-state index contributed by atoms with van der Waals surface area (Å²) < 4.78 is 48.2. The third-order valence-electron chi connectivity index (χ3n) is 6.81. The highest BCUT2D eigenvalue weighted by Crippen LogP contribution is 2.34. The van der Waals surface area contributed by atoms with Gasteiger partial charge in [0.05, 0.1) is 35.9 Å². The zero-order valence-corrected chi connectivity index (χ0v) is 19.4. The second kappa shape index (κ2) is 9.56. The number of nitrogens with one attached hydrogen (secondary N) is 1. The number of pyridine rings is 1. The Morgan fingerprint density at radius 3 is 2.65 bits per heavy atom. The molecule has 2 saturated heterocycles. The summed E-state index contributed by atoms with van der Waals surface area (Å²) in [5.41, 5.74) is 4.12. The number of rotatable bonds is 5. The highest BCUT2D eigenvalue weighted by Gasteiger charge is 2.33. The SMILES string of the molecule is Cc1c(Cc2c(CN3CCCNC3)nc3ccc(N4CCOCC4)cn23)cccc1C(F)(F)F. The van der Waals surface area contributed by atoms with Gasteiger partial charge in [0.25, 0.3) is 0 Å². The van der Waals surface area contributed by atoms with Crippen LogP contribution in [0.15, 0.2) is 36.5 Å². The predicted molar refractivity (Wildman–Crippen MR) is 125 cm³/mol. The van der Waals surface area contributed by atoms with E-state index >= 15 is 0 Å². The van der Waals surface area contributed by atoms with Crippen LogP contribution in [-0.2, 0) is 23.9 Å². The Labute approximate surface area is 197 Å². The van der Waals surface area contributed by atoms with E-state index in [0.717, 1.165) is 68.1 Å². The van der Waals surface area contributed by atoms with E-state index in [1.807, 2.05) is 6.07 Å². The maximum Gasteiger partial charge on any atom is 0.416 e. The first-order valence-corrected chi connectivity index (χ1v) is 11.8. The van der Waals surface area contributed by atoms with E-state index in [-0.39, 0.29) is 5.56 Å². The summed E-state index contributed by atoms with van der Waals surface area (Å²) in [5, 5.41) is 3.39. The fourth-order valence-corrected chi connectivity index (χ4v) is 4.91. The van der Waals surface area contributed by atoms with Gasteiger partial charge in [0.15, 0.2) is 0 Å². The molecule has 0 spiro atoms. The van der Waals surface area contributed by atoms with Gasteiger partial charge in [0, 0.05) is 45.5 Å². The molecule has 2 aromatic heterocycles. The van der Waals surface area contributed by atoms with E-state index in [1.165, 1.54) is 6.07 Å². The Kier molecular flexibility index (Phi) is 6.50. The molecule has 2 aliphatic heterocycles. The van der Waals surface area contributed by atoms with Crippen LogP contribution in [0.25, 0.3) is 5.65 Å². The number of ether oxygens (including phenoxy) is 1. The van der Waals surface area contributed by atoms with Crippen molar-refractivity contribution in [3.63, 3.8) is 0 Å². The molecule has 0 amide bonds. The van der Waals surface area contributed by atoms with E-state index in [2.05, 4.69) is 31.8 Å². The van der Waals surface area contributed by atoms with Gasteiger partial charge in [-0.3, -0.25) is 4.90 Å². The monoisotopic (exact) mass is 473 g/mol. The van der Waals surface area contributed by atoms with Crippen molar-refractivity contribution in [1.82, 2.24) is 19.6 Å². The van der Waals surface area contributed by atoms with Gasteiger partial charge in [0.2, 0.25) is 0 Å². The van der Waals surface area contributed by atoms with Gasteiger partial charge in [-0.2, -0.15) is 13.2 Å². The molecule has 2 fully saturated rings. The number of nitrogens with zero attached hydrogens (tertiary/aromatic N) is 4. The van der Waals surface area contributed by atoms with Gasteiger partial charge < -0.3 is 19.4 Å². The van der Waals surface area contributed by atoms with Crippen molar-refractivity contribution in [2.45, 2.75) is 32.5 Å². The summed E-state index contributed by atoms with van der Waals surface area (Å²) in [5.74, 6) is 0. The smallest absolute Gasteiger partial charge is 0.378 e. The van der Waals surface area contributed by atoms with Gasteiger partial charge in [-0.05, 0) is 49.2 Å². The molecule has 3 aromatic rings. The third kappa shape index (κ3) is 4.78. The van der Waals surface area contributed by atoms with Gasteiger partial charge in [0.1, 0.15) is 5.65 Å². The average molecular weight is 474 g/mol. The zero-order chi connectivity index (χ0) is 23.7. The van der Waals surface area contributed by atoms with Crippen molar-refractivity contribution in [2.24, 2.45) is 0 Å². The molecule has 9 heteroatoms. The van der Waals surface area contributed by atoms with Crippen LogP contribution in [0.2, 0.25) is 0 Å². The van der Waals surface area contributed by atoms with E-state index in [1.54, 1.807) is 13.0 Å². The number of anilines is 1. The van der Waals surface area contributed by atoms with Crippen molar-refractivity contribution in [2.75, 3.05) is 51.0 Å². The third-order valence-corrected chi connectivity index (χ3v) is 6.81. The fraction of sp³-hybridized carbons (Fsp3) is 0.480. The Balaban J connectivity index is 1.56. The average Bonchev–Trinajstić information content (AvgIpc) is 3.17. The van der Waals surface area contributed by atoms with Gasteiger partial charge in [-0.25, -0.2) is 4.98 Å². The minimum Gasteiger partial charge on any atom is -0.378 e. The normalized spacial score (nSPS) is 18.1. The predicted octanol–water partition coefficient (Wildman–Crippen LogP) is 3.84. The van der Waals surface area contributed by atoms with E-state index in [0.29, 0.717) is 31.7 Å². The lowest BCUT2D eigenvalue weighted by molar-refractivity contribution is -0.138. The van der Waals surface area contributed by atoms with Crippen molar-refractivity contribution in [3.8, 4) is 0 Å². The minimum absolute atomic E-state index is 0.278. The molecule has 0 saturated carbocycles. The molecule has 1 aromatic carbocycles. The number of benzene rings is 1. The number of alkyl halides is 3. The molecule has 5 rings (SSSR count). The molecule has 4 heterocycles. The Hall–Kier alpha value is -2.62. The molecule has 0 atom stereocenters. The number of imidazole rings is 1. The standard InChI is InChI=1S/C25H30F3N5O/c1-18-19(4-2-5-21(18)25(26,27)28)14-23-22(16-31-9-3-8-29-17-31)30-24-7-6-20(15-33(23)24)32-10-12-34-13-11-32/h2,4-7,15,29H,3,8-14,16-17H2,1H3. The van der Waals surface area contributed by atoms with Crippen molar-refractivity contribution in [1.29, 1.82) is 0 Å². The first-order valence-electron chi connectivity index (χ1n) is 11.8. The maximum absolute atomic E-state index is 13.6. The van der Waals surface area contributed by atoms with Crippen LogP contribution < -0.4 is 10.2 Å². The van der Waals surface area contributed by atoms with Crippen LogP contribution >= 0.6 is 0 Å². The summed E-state index contributed by atoms with van der Waals surface area (Å²) in [6, 6.07) is 8.53. The fourth-order valence-electron chi connectivity index (χ4n) is 4.91. The number of halogens is 3. The van der Waals surface area contributed by atoms with Crippen LogP contribution in [0.5, 0.6) is 0 Å². The van der Waals surface area contributed by atoms with Crippen LogP contribution in [0.4, 0.5) is 18.9 Å². The first kappa shape index (κ1) is 23.1. The highest BCUT2D eigenvalue weighted by molar-refractivity contribution is 5.55. The topological polar surface area (TPSA) is 45.0 Å². The molecule has 182 valence electrons. The summed E-state index contributed by atoms with van der Waals surface area (Å²) in [6.07, 6.45) is -0.841. The molecule has 34 heavy (non-hydrogen) atoms. The van der Waals surface area contributed by atoms with Gasteiger partial charge >= 0.3 is 6.18 Å².